The lowest BCUT2D eigenvalue weighted by molar-refractivity contribution is 0.00578. The fraction of sp³-hybridized carbons (Fsp3) is 0.188. The van der Waals surface area contributed by atoms with Gasteiger partial charge in [-0.05, 0) is 84.0 Å². The van der Waals surface area contributed by atoms with Gasteiger partial charge >= 0.3 is 7.12 Å². The van der Waals surface area contributed by atoms with Gasteiger partial charge in [-0.2, -0.15) is 0 Å². The van der Waals surface area contributed by atoms with Crippen LogP contribution >= 0.6 is 11.3 Å². The number of fused-ring (bicyclic) bond motifs is 6. The number of thiophene rings is 1. The maximum absolute atomic E-state index is 6.40. The van der Waals surface area contributed by atoms with Gasteiger partial charge in [0.2, 0.25) is 0 Å². The van der Waals surface area contributed by atoms with E-state index in [2.05, 4.69) is 119 Å². The summed E-state index contributed by atoms with van der Waals surface area (Å²) in [7, 11) is -0.360. The molecular formula is C32H27BO2S. The van der Waals surface area contributed by atoms with E-state index in [0.717, 1.165) is 5.46 Å². The summed E-state index contributed by atoms with van der Waals surface area (Å²) in [5, 5.41) is 7.69. The van der Waals surface area contributed by atoms with E-state index >= 15 is 0 Å². The van der Waals surface area contributed by atoms with Crippen LogP contribution in [0.5, 0.6) is 0 Å². The van der Waals surface area contributed by atoms with Crippen LogP contribution in [0.4, 0.5) is 0 Å². The Hall–Kier alpha value is -3.18. The van der Waals surface area contributed by atoms with Crippen molar-refractivity contribution in [2.24, 2.45) is 0 Å². The van der Waals surface area contributed by atoms with E-state index in [1.165, 1.54) is 52.8 Å². The van der Waals surface area contributed by atoms with E-state index in [1.807, 2.05) is 11.3 Å². The number of benzene rings is 5. The third kappa shape index (κ3) is 3.25. The van der Waals surface area contributed by atoms with Gasteiger partial charge in [-0.3, -0.25) is 0 Å². The van der Waals surface area contributed by atoms with Crippen molar-refractivity contribution in [3.05, 3.63) is 91.0 Å². The summed E-state index contributed by atoms with van der Waals surface area (Å²) in [6.45, 7) is 8.43. The third-order valence-electron chi connectivity index (χ3n) is 8.11. The molecule has 7 rings (SSSR count). The Labute approximate surface area is 215 Å². The van der Waals surface area contributed by atoms with Gasteiger partial charge in [-0.25, -0.2) is 0 Å². The molecule has 0 aliphatic carbocycles. The SMILES string of the molecule is CC1(C)OB(c2cccc3c2sc2ccc(-c4ccc5c(ccc6ccccc65)c4)cc23)OC1(C)C. The first kappa shape index (κ1) is 22.1. The van der Waals surface area contributed by atoms with Gasteiger partial charge in [0.05, 0.1) is 11.2 Å². The minimum atomic E-state index is -0.360. The second kappa shape index (κ2) is 7.66. The molecule has 2 heterocycles. The molecule has 1 aromatic heterocycles. The summed E-state index contributed by atoms with van der Waals surface area (Å²) in [5.74, 6) is 0. The molecule has 4 heteroatoms. The Bertz CT molecular complexity index is 1800. The molecule has 0 N–H and O–H groups in total. The first-order valence-electron chi connectivity index (χ1n) is 12.5. The van der Waals surface area contributed by atoms with Crippen molar-refractivity contribution in [3.8, 4) is 11.1 Å². The predicted octanol–water partition coefficient (Wildman–Crippen LogP) is 8.33. The molecule has 0 atom stereocenters. The highest BCUT2D eigenvalue weighted by Gasteiger charge is 2.52. The molecule has 36 heavy (non-hydrogen) atoms. The Morgan fingerprint density at radius 3 is 2.08 bits per heavy atom. The average molecular weight is 486 g/mol. The Kier molecular flexibility index (Phi) is 4.69. The monoisotopic (exact) mass is 486 g/mol. The van der Waals surface area contributed by atoms with Crippen LogP contribution in [0.15, 0.2) is 91.0 Å². The highest BCUT2D eigenvalue weighted by molar-refractivity contribution is 7.27. The predicted molar refractivity (Wildman–Crippen MR) is 155 cm³/mol. The second-order valence-electron chi connectivity index (χ2n) is 10.8. The fourth-order valence-electron chi connectivity index (χ4n) is 5.35. The van der Waals surface area contributed by atoms with Crippen molar-refractivity contribution in [1.29, 1.82) is 0 Å². The van der Waals surface area contributed by atoms with E-state index in [4.69, 9.17) is 9.31 Å². The van der Waals surface area contributed by atoms with E-state index < -0.39 is 0 Å². The Morgan fingerprint density at radius 2 is 1.25 bits per heavy atom. The number of rotatable bonds is 2. The average Bonchev–Trinajstić information content (AvgIpc) is 3.35. The number of hydrogen-bond donors (Lipinski definition) is 0. The maximum atomic E-state index is 6.40. The highest BCUT2D eigenvalue weighted by Crippen LogP contribution is 2.40. The number of hydrogen-bond acceptors (Lipinski definition) is 3. The summed E-state index contributed by atoms with van der Waals surface area (Å²) in [5.41, 5.74) is 2.88. The smallest absolute Gasteiger partial charge is 0.399 e. The molecule has 6 aromatic rings. The first-order valence-corrected chi connectivity index (χ1v) is 13.4. The van der Waals surface area contributed by atoms with Gasteiger partial charge < -0.3 is 9.31 Å². The van der Waals surface area contributed by atoms with Gasteiger partial charge in [-0.1, -0.05) is 72.8 Å². The van der Waals surface area contributed by atoms with Crippen molar-refractivity contribution < 1.29 is 9.31 Å². The van der Waals surface area contributed by atoms with Crippen LogP contribution < -0.4 is 5.46 Å². The normalized spacial score (nSPS) is 17.1. The van der Waals surface area contributed by atoms with Crippen molar-refractivity contribution in [2.45, 2.75) is 38.9 Å². The fourth-order valence-corrected chi connectivity index (χ4v) is 6.55. The molecule has 0 saturated carbocycles. The minimum Gasteiger partial charge on any atom is -0.399 e. The third-order valence-corrected chi connectivity index (χ3v) is 9.35. The largest absolute Gasteiger partial charge is 0.496 e. The quantitative estimate of drug-likeness (QED) is 0.181. The molecule has 5 aromatic carbocycles. The standard InChI is InChI=1S/C32H27BO2S/c1-31(2)32(3,4)35-33(34-31)28-11-7-10-26-27-19-22(15-17-29(27)36-30(26)28)21-14-16-25-23(18-21)13-12-20-8-5-6-9-24(20)25/h5-19H,1-4H3. The van der Waals surface area contributed by atoms with Gasteiger partial charge in [0.25, 0.3) is 0 Å². The van der Waals surface area contributed by atoms with E-state index in [1.54, 1.807) is 0 Å². The van der Waals surface area contributed by atoms with Gasteiger partial charge in [0.1, 0.15) is 0 Å². The van der Waals surface area contributed by atoms with Gasteiger partial charge in [-0.15, -0.1) is 11.3 Å². The van der Waals surface area contributed by atoms with Crippen LogP contribution in [0.3, 0.4) is 0 Å². The van der Waals surface area contributed by atoms with Crippen LogP contribution in [0.1, 0.15) is 27.7 Å². The first-order chi connectivity index (χ1) is 17.3. The molecule has 0 bridgehead atoms. The van der Waals surface area contributed by atoms with Crippen LogP contribution in [-0.2, 0) is 9.31 Å². The molecule has 0 unspecified atom stereocenters. The topological polar surface area (TPSA) is 18.5 Å². The highest BCUT2D eigenvalue weighted by atomic mass is 32.1. The molecule has 0 spiro atoms. The van der Waals surface area contributed by atoms with Crippen molar-refractivity contribution in [2.75, 3.05) is 0 Å². The molecule has 0 amide bonds. The van der Waals surface area contributed by atoms with Crippen molar-refractivity contribution in [3.63, 3.8) is 0 Å². The zero-order chi connectivity index (χ0) is 24.7. The summed E-state index contributed by atoms with van der Waals surface area (Å²) < 4.78 is 15.3. The molecule has 2 nitrogen and oxygen atoms in total. The molecule has 1 aliphatic heterocycles. The van der Waals surface area contributed by atoms with Crippen molar-refractivity contribution >= 4 is 65.6 Å². The van der Waals surface area contributed by atoms with Crippen LogP contribution in [-0.4, -0.2) is 18.3 Å². The molecule has 1 fully saturated rings. The Balaban J connectivity index is 1.34. The molecular weight excluding hydrogens is 459 g/mol. The second-order valence-corrected chi connectivity index (χ2v) is 11.9. The molecule has 1 saturated heterocycles. The van der Waals surface area contributed by atoms with E-state index in [9.17, 15) is 0 Å². The zero-order valence-electron chi connectivity index (χ0n) is 21.0. The summed E-state index contributed by atoms with van der Waals surface area (Å²) in [6, 6.07) is 33.2. The Morgan fingerprint density at radius 1 is 0.583 bits per heavy atom. The molecule has 0 radical (unpaired) electrons. The van der Waals surface area contributed by atoms with Crippen LogP contribution in [0, 0.1) is 0 Å². The molecule has 1 aliphatic rings. The van der Waals surface area contributed by atoms with Gasteiger partial charge in [0, 0.05) is 20.2 Å². The van der Waals surface area contributed by atoms with Crippen LogP contribution in [0.25, 0.3) is 52.8 Å². The van der Waals surface area contributed by atoms with E-state index in [0.29, 0.717) is 0 Å². The van der Waals surface area contributed by atoms with E-state index in [-0.39, 0.29) is 18.3 Å². The lowest BCUT2D eigenvalue weighted by Gasteiger charge is -2.32. The summed E-state index contributed by atoms with van der Waals surface area (Å²) in [4.78, 5) is 0. The molecule has 176 valence electrons. The maximum Gasteiger partial charge on any atom is 0.496 e. The zero-order valence-corrected chi connectivity index (χ0v) is 21.8. The lowest BCUT2D eigenvalue weighted by atomic mass is 9.78. The summed E-state index contributed by atoms with van der Waals surface area (Å²) in [6.07, 6.45) is 0. The van der Waals surface area contributed by atoms with Crippen molar-refractivity contribution in [1.82, 2.24) is 0 Å². The minimum absolute atomic E-state index is 0.356. The lowest BCUT2D eigenvalue weighted by Crippen LogP contribution is -2.41. The summed E-state index contributed by atoms with van der Waals surface area (Å²) >= 11 is 1.82. The van der Waals surface area contributed by atoms with Crippen LogP contribution in [0.2, 0.25) is 0 Å². The van der Waals surface area contributed by atoms with Gasteiger partial charge in [0.15, 0.2) is 0 Å².